The molecule has 36 heavy (non-hydrogen) atoms. The highest BCUT2D eigenvalue weighted by Gasteiger charge is 2.33. The molecule has 9 nitrogen and oxygen atoms in total. The van der Waals surface area contributed by atoms with Crippen LogP contribution in [-0.2, 0) is 25.5 Å². The van der Waals surface area contributed by atoms with Crippen LogP contribution in [0.25, 0.3) is 0 Å². The molecule has 9 heteroatoms. The molecule has 0 bridgehead atoms. The number of aryl methyl sites for hydroxylation is 1. The third-order valence-electron chi connectivity index (χ3n) is 6.78. The highest BCUT2D eigenvalue weighted by atomic mass is 16.6. The number of nitrogens with zero attached hydrogens (tertiary/aromatic N) is 2. The maximum atomic E-state index is 13.2. The van der Waals surface area contributed by atoms with Crippen LogP contribution in [0.3, 0.4) is 0 Å². The second-order valence-electron chi connectivity index (χ2n) is 10.8. The summed E-state index contributed by atoms with van der Waals surface area (Å²) in [7, 11) is 1.49. The number of hydrogen-bond donors (Lipinski definition) is 2. The average molecular weight is 501 g/mol. The highest BCUT2D eigenvalue weighted by molar-refractivity contribution is 5.93. The van der Waals surface area contributed by atoms with Gasteiger partial charge in [-0.05, 0) is 77.3 Å². The summed E-state index contributed by atoms with van der Waals surface area (Å²) in [5, 5.41) is 5.90. The lowest BCUT2D eigenvalue weighted by molar-refractivity contribution is -0.139. The van der Waals surface area contributed by atoms with Crippen molar-refractivity contribution in [3.63, 3.8) is 0 Å². The molecule has 1 aliphatic heterocycles. The van der Waals surface area contributed by atoms with Crippen molar-refractivity contribution in [3.05, 3.63) is 35.4 Å². The van der Waals surface area contributed by atoms with Crippen LogP contribution in [0.15, 0.2) is 24.3 Å². The van der Waals surface area contributed by atoms with E-state index in [4.69, 9.17) is 4.74 Å². The molecule has 1 aromatic carbocycles. The number of carbonyl (C=O) groups is 4. The number of rotatable bonds is 6. The zero-order valence-corrected chi connectivity index (χ0v) is 22.1. The minimum Gasteiger partial charge on any atom is -0.444 e. The van der Waals surface area contributed by atoms with Crippen LogP contribution >= 0.6 is 0 Å². The van der Waals surface area contributed by atoms with E-state index >= 15 is 0 Å². The molecule has 2 aliphatic rings. The number of carbonyl (C=O) groups excluding carboxylic acids is 4. The predicted octanol–water partition coefficient (Wildman–Crippen LogP) is 2.93. The van der Waals surface area contributed by atoms with Gasteiger partial charge in [0, 0.05) is 13.6 Å². The SMILES string of the molecule is C[C@@H](C(=O)N[C@@H]1CCCCN(CC(=O)N[C@@H]2CCCc3ccccc32)C1=O)N(C)C(=O)OC(C)(C)C. The molecule has 1 aliphatic carbocycles. The zero-order chi connectivity index (χ0) is 26.5. The fourth-order valence-corrected chi connectivity index (χ4v) is 4.67. The van der Waals surface area contributed by atoms with Gasteiger partial charge in [-0.25, -0.2) is 4.79 Å². The molecule has 3 rings (SSSR count). The van der Waals surface area contributed by atoms with Gasteiger partial charge in [0.1, 0.15) is 17.7 Å². The molecule has 0 unspecified atom stereocenters. The molecule has 1 aromatic rings. The molecule has 4 amide bonds. The fourth-order valence-electron chi connectivity index (χ4n) is 4.67. The van der Waals surface area contributed by atoms with Crippen LogP contribution in [-0.4, -0.2) is 71.4 Å². The molecule has 0 spiro atoms. The lowest BCUT2D eigenvalue weighted by Crippen LogP contribution is -2.54. The minimum atomic E-state index is -0.820. The summed E-state index contributed by atoms with van der Waals surface area (Å²) >= 11 is 0. The van der Waals surface area contributed by atoms with Gasteiger partial charge in [-0.1, -0.05) is 24.3 Å². The number of hydrogen-bond acceptors (Lipinski definition) is 5. The summed E-state index contributed by atoms with van der Waals surface area (Å²) < 4.78 is 5.33. The van der Waals surface area contributed by atoms with Crippen molar-refractivity contribution in [3.8, 4) is 0 Å². The van der Waals surface area contributed by atoms with E-state index in [0.717, 1.165) is 37.7 Å². The maximum absolute atomic E-state index is 13.2. The Morgan fingerprint density at radius 3 is 2.50 bits per heavy atom. The molecule has 198 valence electrons. The van der Waals surface area contributed by atoms with Crippen LogP contribution in [0.2, 0.25) is 0 Å². The minimum absolute atomic E-state index is 0.0444. The quantitative estimate of drug-likeness (QED) is 0.624. The molecule has 2 N–H and O–H groups in total. The number of nitrogens with one attached hydrogen (secondary N) is 2. The second kappa shape index (κ2) is 11.8. The van der Waals surface area contributed by atoms with Crippen LogP contribution in [0.4, 0.5) is 4.79 Å². The van der Waals surface area contributed by atoms with Crippen molar-refractivity contribution in [1.29, 1.82) is 0 Å². The van der Waals surface area contributed by atoms with E-state index in [1.54, 1.807) is 27.7 Å². The Morgan fingerprint density at radius 1 is 1.08 bits per heavy atom. The van der Waals surface area contributed by atoms with E-state index in [9.17, 15) is 19.2 Å². The Labute approximate surface area is 213 Å². The van der Waals surface area contributed by atoms with Crippen LogP contribution in [0.5, 0.6) is 0 Å². The first-order valence-corrected chi connectivity index (χ1v) is 12.9. The van der Waals surface area contributed by atoms with E-state index < -0.39 is 29.7 Å². The Hall–Kier alpha value is -3.10. The monoisotopic (exact) mass is 500 g/mol. The number of benzene rings is 1. The summed E-state index contributed by atoms with van der Waals surface area (Å²) in [6, 6.07) is 6.54. The zero-order valence-electron chi connectivity index (χ0n) is 22.1. The average Bonchev–Trinajstić information content (AvgIpc) is 2.98. The van der Waals surface area contributed by atoms with Crippen molar-refractivity contribution in [2.24, 2.45) is 0 Å². The van der Waals surface area contributed by atoms with Crippen LogP contribution < -0.4 is 10.6 Å². The van der Waals surface area contributed by atoms with Gasteiger partial charge >= 0.3 is 6.09 Å². The van der Waals surface area contributed by atoms with Crippen molar-refractivity contribution in [1.82, 2.24) is 20.4 Å². The molecule has 0 aromatic heterocycles. The van der Waals surface area contributed by atoms with Gasteiger partial charge in [0.15, 0.2) is 0 Å². The smallest absolute Gasteiger partial charge is 0.410 e. The van der Waals surface area contributed by atoms with Gasteiger partial charge in [-0.3, -0.25) is 19.3 Å². The Balaban J connectivity index is 1.58. The molecule has 0 saturated carbocycles. The summed E-state index contributed by atoms with van der Waals surface area (Å²) in [5.41, 5.74) is 1.72. The molecular formula is C27H40N4O5. The number of likely N-dealkylation sites (N-methyl/N-ethyl adjacent to an activating group) is 1. The lowest BCUT2D eigenvalue weighted by atomic mass is 9.88. The summed E-state index contributed by atoms with van der Waals surface area (Å²) in [6.07, 6.45) is 4.27. The number of amides is 4. The topological polar surface area (TPSA) is 108 Å². The van der Waals surface area contributed by atoms with E-state index in [1.807, 2.05) is 12.1 Å². The first-order chi connectivity index (χ1) is 17.0. The lowest BCUT2D eigenvalue weighted by Gasteiger charge is -2.30. The molecule has 3 atom stereocenters. The van der Waals surface area contributed by atoms with Crippen LogP contribution in [0.1, 0.15) is 77.0 Å². The number of likely N-dealkylation sites (tertiary alicyclic amines) is 1. The predicted molar refractivity (Wildman–Crippen MR) is 136 cm³/mol. The highest BCUT2D eigenvalue weighted by Crippen LogP contribution is 2.29. The first-order valence-electron chi connectivity index (χ1n) is 12.9. The van der Waals surface area contributed by atoms with Crippen molar-refractivity contribution in [2.45, 2.75) is 89.9 Å². The molecule has 1 fully saturated rings. The number of fused-ring (bicyclic) bond motifs is 1. The van der Waals surface area contributed by atoms with Crippen LogP contribution in [0, 0.1) is 0 Å². The molecule has 0 radical (unpaired) electrons. The molecule has 1 heterocycles. The van der Waals surface area contributed by atoms with E-state index in [1.165, 1.54) is 22.4 Å². The normalized spacial score (nSPS) is 21.0. The fraction of sp³-hybridized carbons (Fsp3) is 0.630. The summed E-state index contributed by atoms with van der Waals surface area (Å²) in [5.74, 6) is -0.908. The summed E-state index contributed by atoms with van der Waals surface area (Å²) in [6.45, 7) is 7.28. The van der Waals surface area contributed by atoms with Gasteiger partial charge in [0.2, 0.25) is 17.7 Å². The maximum Gasteiger partial charge on any atom is 0.410 e. The molecular weight excluding hydrogens is 460 g/mol. The van der Waals surface area contributed by atoms with E-state index in [0.29, 0.717) is 13.0 Å². The molecule has 1 saturated heterocycles. The third kappa shape index (κ3) is 7.21. The Bertz CT molecular complexity index is 973. The Kier molecular flexibility index (Phi) is 8.98. The largest absolute Gasteiger partial charge is 0.444 e. The van der Waals surface area contributed by atoms with Crippen molar-refractivity contribution < 1.29 is 23.9 Å². The number of ether oxygens (including phenoxy) is 1. The third-order valence-corrected chi connectivity index (χ3v) is 6.78. The summed E-state index contributed by atoms with van der Waals surface area (Å²) in [4.78, 5) is 54.1. The van der Waals surface area contributed by atoms with E-state index in [-0.39, 0.29) is 24.4 Å². The van der Waals surface area contributed by atoms with Gasteiger partial charge < -0.3 is 20.3 Å². The standard InChI is InChI=1S/C27H40N4O5/c1-18(30(5)26(35)36-27(2,3)4)24(33)29-22-14-8-9-16-31(25(22)34)17-23(32)28-21-15-10-12-19-11-6-7-13-20(19)21/h6-7,11,13,18,21-22H,8-10,12,14-17H2,1-5H3,(H,28,32)(H,29,33)/t18-,21+,22+/m0/s1. The first kappa shape index (κ1) is 27.5. The van der Waals surface area contributed by atoms with Crippen molar-refractivity contribution >= 4 is 23.8 Å². The van der Waals surface area contributed by atoms with Gasteiger partial charge in [-0.2, -0.15) is 0 Å². The van der Waals surface area contributed by atoms with E-state index in [2.05, 4.69) is 22.8 Å². The second-order valence-corrected chi connectivity index (χ2v) is 10.8. The van der Waals surface area contributed by atoms with Gasteiger partial charge in [-0.15, -0.1) is 0 Å². The van der Waals surface area contributed by atoms with Crippen molar-refractivity contribution in [2.75, 3.05) is 20.1 Å². The van der Waals surface area contributed by atoms with Gasteiger partial charge in [0.25, 0.3) is 0 Å². The Morgan fingerprint density at radius 2 is 1.78 bits per heavy atom. The van der Waals surface area contributed by atoms with Gasteiger partial charge in [0.05, 0.1) is 12.6 Å².